The summed E-state index contributed by atoms with van der Waals surface area (Å²) in [7, 11) is 1.65. The molecular formula is C25H29N3O4. The van der Waals surface area contributed by atoms with Gasteiger partial charge in [0.15, 0.2) is 12.4 Å². The second kappa shape index (κ2) is 10.3. The third kappa shape index (κ3) is 5.46. The lowest BCUT2D eigenvalue weighted by Crippen LogP contribution is -2.39. The highest BCUT2D eigenvalue weighted by atomic mass is 16.5. The van der Waals surface area contributed by atoms with Gasteiger partial charge in [-0.25, -0.2) is 0 Å². The van der Waals surface area contributed by atoms with Crippen molar-refractivity contribution in [1.82, 2.24) is 15.0 Å². The van der Waals surface area contributed by atoms with Gasteiger partial charge in [-0.2, -0.15) is 4.98 Å². The van der Waals surface area contributed by atoms with Crippen LogP contribution in [0.3, 0.4) is 0 Å². The summed E-state index contributed by atoms with van der Waals surface area (Å²) in [6.07, 6.45) is 4.01. The molecule has 1 aliphatic heterocycles. The summed E-state index contributed by atoms with van der Waals surface area (Å²) in [4.78, 5) is 19.4. The molecule has 2 aromatic carbocycles. The normalized spacial score (nSPS) is 16.1. The van der Waals surface area contributed by atoms with Crippen LogP contribution in [-0.2, 0) is 17.8 Å². The van der Waals surface area contributed by atoms with Crippen molar-refractivity contribution in [1.29, 1.82) is 0 Å². The highest BCUT2D eigenvalue weighted by molar-refractivity contribution is 5.77. The number of amides is 1. The van der Waals surface area contributed by atoms with E-state index in [4.69, 9.17) is 14.0 Å². The number of carbonyl (C=O) groups is 1. The van der Waals surface area contributed by atoms with Gasteiger partial charge < -0.3 is 18.9 Å². The fourth-order valence-corrected chi connectivity index (χ4v) is 3.93. The Morgan fingerprint density at radius 2 is 1.84 bits per heavy atom. The van der Waals surface area contributed by atoms with Crippen LogP contribution in [0.15, 0.2) is 53.1 Å². The average Bonchev–Trinajstić information content (AvgIpc) is 3.31. The third-order valence-corrected chi connectivity index (χ3v) is 5.77. The topological polar surface area (TPSA) is 77.7 Å². The van der Waals surface area contributed by atoms with Crippen molar-refractivity contribution in [3.63, 3.8) is 0 Å². The van der Waals surface area contributed by atoms with Gasteiger partial charge in [-0.3, -0.25) is 4.79 Å². The molecule has 1 unspecified atom stereocenters. The Labute approximate surface area is 188 Å². The Morgan fingerprint density at radius 3 is 2.59 bits per heavy atom. The lowest BCUT2D eigenvalue weighted by Gasteiger charge is -2.34. The quantitative estimate of drug-likeness (QED) is 0.512. The maximum Gasteiger partial charge on any atom is 0.264 e. The van der Waals surface area contributed by atoms with E-state index in [9.17, 15) is 4.79 Å². The summed E-state index contributed by atoms with van der Waals surface area (Å²) in [5.74, 6) is 2.66. The highest BCUT2D eigenvalue weighted by Gasteiger charge is 2.31. The van der Waals surface area contributed by atoms with Crippen molar-refractivity contribution >= 4 is 5.91 Å². The fraction of sp³-hybridized carbons (Fsp3) is 0.400. The average molecular weight is 436 g/mol. The monoisotopic (exact) mass is 435 g/mol. The molecule has 1 amide bonds. The van der Waals surface area contributed by atoms with Crippen LogP contribution >= 0.6 is 0 Å². The number of aryl methyl sites for hydroxylation is 2. The van der Waals surface area contributed by atoms with Gasteiger partial charge in [-0.05, 0) is 62.4 Å². The predicted octanol–water partition coefficient (Wildman–Crippen LogP) is 4.65. The summed E-state index contributed by atoms with van der Waals surface area (Å²) in [5, 5.41) is 4.16. The zero-order chi connectivity index (χ0) is 22.3. The van der Waals surface area contributed by atoms with E-state index in [1.807, 2.05) is 60.4 Å². The van der Waals surface area contributed by atoms with E-state index in [1.54, 1.807) is 7.11 Å². The number of benzene rings is 2. The molecule has 1 saturated heterocycles. The van der Waals surface area contributed by atoms with E-state index >= 15 is 0 Å². The van der Waals surface area contributed by atoms with Gasteiger partial charge in [0.1, 0.15) is 11.5 Å². The first-order valence-electron chi connectivity index (χ1n) is 11.1. The van der Waals surface area contributed by atoms with Crippen molar-refractivity contribution in [2.75, 3.05) is 13.7 Å². The fourth-order valence-electron chi connectivity index (χ4n) is 3.93. The van der Waals surface area contributed by atoms with Crippen LogP contribution in [0.25, 0.3) is 0 Å². The SMILES string of the molecule is COc1ccc(CCC(=O)N2CCCCC2c2noc(COc3ccc(C)cc3)n2)cc1. The number of hydrogen-bond donors (Lipinski definition) is 0. The van der Waals surface area contributed by atoms with Crippen LogP contribution in [-0.4, -0.2) is 34.6 Å². The summed E-state index contributed by atoms with van der Waals surface area (Å²) in [6.45, 7) is 2.95. The number of nitrogens with zero attached hydrogens (tertiary/aromatic N) is 3. The Balaban J connectivity index is 1.36. The number of aromatic nitrogens is 2. The first kappa shape index (κ1) is 21.9. The van der Waals surface area contributed by atoms with Crippen molar-refractivity contribution < 1.29 is 18.8 Å². The standard InChI is InChI=1S/C25H29N3O4/c1-18-6-11-21(12-7-18)31-17-23-26-25(27-32-23)22-5-3-4-16-28(22)24(29)15-10-19-8-13-20(30-2)14-9-19/h6-9,11-14,22H,3-5,10,15-17H2,1-2H3. The molecule has 2 heterocycles. The van der Waals surface area contributed by atoms with Gasteiger partial charge in [0.2, 0.25) is 5.91 Å². The molecule has 7 nitrogen and oxygen atoms in total. The first-order valence-corrected chi connectivity index (χ1v) is 11.1. The van der Waals surface area contributed by atoms with E-state index in [-0.39, 0.29) is 18.6 Å². The molecule has 1 atom stereocenters. The number of ether oxygens (including phenoxy) is 2. The Bertz CT molecular complexity index is 1010. The molecule has 1 fully saturated rings. The molecule has 168 valence electrons. The minimum Gasteiger partial charge on any atom is -0.497 e. The number of likely N-dealkylation sites (tertiary alicyclic amines) is 1. The molecule has 0 spiro atoms. The van der Waals surface area contributed by atoms with Gasteiger partial charge in [0.25, 0.3) is 5.89 Å². The van der Waals surface area contributed by atoms with Gasteiger partial charge in [-0.1, -0.05) is 35.0 Å². The highest BCUT2D eigenvalue weighted by Crippen LogP contribution is 2.30. The Hall–Kier alpha value is -3.35. The molecule has 0 aliphatic carbocycles. The molecule has 0 radical (unpaired) electrons. The molecule has 4 rings (SSSR count). The number of piperidine rings is 1. The van der Waals surface area contributed by atoms with E-state index in [1.165, 1.54) is 5.56 Å². The number of methoxy groups -OCH3 is 1. The van der Waals surface area contributed by atoms with Crippen molar-refractivity contribution in [2.45, 2.75) is 51.7 Å². The van der Waals surface area contributed by atoms with Crippen LogP contribution in [0.4, 0.5) is 0 Å². The summed E-state index contributed by atoms with van der Waals surface area (Å²) >= 11 is 0. The van der Waals surface area contributed by atoms with E-state index in [2.05, 4.69) is 10.1 Å². The molecule has 0 bridgehead atoms. The van der Waals surface area contributed by atoms with E-state index in [0.29, 0.717) is 24.6 Å². The van der Waals surface area contributed by atoms with Gasteiger partial charge in [-0.15, -0.1) is 0 Å². The second-order valence-electron chi connectivity index (χ2n) is 8.09. The Morgan fingerprint density at radius 1 is 1.09 bits per heavy atom. The number of rotatable bonds is 8. The van der Waals surface area contributed by atoms with Crippen LogP contribution in [0.5, 0.6) is 11.5 Å². The lowest BCUT2D eigenvalue weighted by atomic mass is 10.00. The van der Waals surface area contributed by atoms with Crippen molar-refractivity contribution in [2.24, 2.45) is 0 Å². The molecule has 7 heteroatoms. The molecule has 3 aromatic rings. The first-order chi connectivity index (χ1) is 15.6. The van der Waals surface area contributed by atoms with Crippen LogP contribution in [0.2, 0.25) is 0 Å². The zero-order valence-corrected chi connectivity index (χ0v) is 18.6. The molecule has 32 heavy (non-hydrogen) atoms. The Kier molecular flexibility index (Phi) is 7.04. The van der Waals surface area contributed by atoms with E-state index in [0.717, 1.165) is 42.9 Å². The molecule has 1 aliphatic rings. The number of carbonyl (C=O) groups excluding carboxylic acids is 1. The van der Waals surface area contributed by atoms with Gasteiger partial charge >= 0.3 is 0 Å². The second-order valence-corrected chi connectivity index (χ2v) is 8.09. The summed E-state index contributed by atoms with van der Waals surface area (Å²) < 4.78 is 16.3. The van der Waals surface area contributed by atoms with Crippen LogP contribution in [0, 0.1) is 6.92 Å². The number of hydrogen-bond acceptors (Lipinski definition) is 6. The van der Waals surface area contributed by atoms with Crippen molar-refractivity contribution in [3.05, 3.63) is 71.4 Å². The maximum absolute atomic E-state index is 13.0. The van der Waals surface area contributed by atoms with Crippen LogP contribution < -0.4 is 9.47 Å². The predicted molar refractivity (Wildman–Crippen MR) is 119 cm³/mol. The van der Waals surface area contributed by atoms with Gasteiger partial charge in [0, 0.05) is 13.0 Å². The van der Waals surface area contributed by atoms with Crippen LogP contribution in [0.1, 0.15) is 54.6 Å². The zero-order valence-electron chi connectivity index (χ0n) is 18.6. The minimum absolute atomic E-state index is 0.118. The third-order valence-electron chi connectivity index (χ3n) is 5.77. The largest absolute Gasteiger partial charge is 0.497 e. The van der Waals surface area contributed by atoms with Crippen molar-refractivity contribution in [3.8, 4) is 11.5 Å². The van der Waals surface area contributed by atoms with E-state index < -0.39 is 0 Å². The molecule has 0 saturated carbocycles. The smallest absolute Gasteiger partial charge is 0.264 e. The minimum atomic E-state index is -0.149. The summed E-state index contributed by atoms with van der Waals surface area (Å²) in [6, 6.07) is 15.5. The molecule has 1 aromatic heterocycles. The molecular weight excluding hydrogens is 406 g/mol. The maximum atomic E-state index is 13.0. The summed E-state index contributed by atoms with van der Waals surface area (Å²) in [5.41, 5.74) is 2.29. The lowest BCUT2D eigenvalue weighted by molar-refractivity contribution is -0.135. The van der Waals surface area contributed by atoms with Gasteiger partial charge in [0.05, 0.1) is 13.2 Å². The molecule has 0 N–H and O–H groups in total.